The molecule has 0 aliphatic carbocycles. The van der Waals surface area contributed by atoms with Crippen LogP contribution in [0.2, 0.25) is 0 Å². The Balaban J connectivity index is 2.07. The van der Waals surface area contributed by atoms with Crippen LogP contribution in [0.3, 0.4) is 0 Å². The van der Waals surface area contributed by atoms with E-state index in [0.717, 1.165) is 19.4 Å². The Hall–Kier alpha value is -1.36. The van der Waals surface area contributed by atoms with Crippen molar-refractivity contribution >= 4 is 5.91 Å². The Bertz CT molecular complexity index is 360. The van der Waals surface area contributed by atoms with Gasteiger partial charge >= 0.3 is 0 Å². The van der Waals surface area contributed by atoms with Crippen molar-refractivity contribution in [3.63, 3.8) is 0 Å². The molecule has 5 nitrogen and oxygen atoms in total. The quantitative estimate of drug-likeness (QED) is 0.705. The van der Waals surface area contributed by atoms with Gasteiger partial charge in [-0.2, -0.15) is 5.10 Å². The molecule has 0 aromatic carbocycles. The number of nitrogens with zero attached hydrogens (tertiary/aromatic N) is 3. The molecule has 0 spiro atoms. The predicted molar refractivity (Wildman–Crippen MR) is 56.3 cm³/mol. The first-order chi connectivity index (χ1) is 7.16. The van der Waals surface area contributed by atoms with Gasteiger partial charge in [0, 0.05) is 32.4 Å². The minimum Gasteiger partial charge on any atom is -0.337 e. The zero-order valence-electron chi connectivity index (χ0n) is 8.89. The van der Waals surface area contributed by atoms with Crippen LogP contribution in [-0.2, 0) is 7.05 Å². The van der Waals surface area contributed by atoms with Crippen LogP contribution in [0.15, 0.2) is 12.4 Å². The molecular formula is C10H16N4O. The van der Waals surface area contributed by atoms with Crippen molar-refractivity contribution in [2.75, 3.05) is 13.1 Å². The summed E-state index contributed by atoms with van der Waals surface area (Å²) in [6, 6.07) is 0.124. The first-order valence-corrected chi connectivity index (χ1v) is 5.20. The number of carbonyl (C=O) groups is 1. The fraction of sp³-hybridized carbons (Fsp3) is 0.600. The van der Waals surface area contributed by atoms with Crippen LogP contribution in [0.25, 0.3) is 0 Å². The predicted octanol–water partition coefficient (Wildman–Crippen LogP) is -0.0166. The van der Waals surface area contributed by atoms with Crippen LogP contribution in [0, 0.1) is 0 Å². The lowest BCUT2D eigenvalue weighted by molar-refractivity contribution is 0.0708. The molecule has 1 aromatic heterocycles. The van der Waals surface area contributed by atoms with Gasteiger partial charge in [-0.05, 0) is 12.8 Å². The highest BCUT2D eigenvalue weighted by Gasteiger charge is 2.22. The summed E-state index contributed by atoms with van der Waals surface area (Å²) in [6.07, 6.45) is 5.34. The molecule has 1 saturated heterocycles. The molecule has 1 fully saturated rings. The molecule has 1 atom stereocenters. The second-order valence-electron chi connectivity index (χ2n) is 4.06. The lowest BCUT2D eigenvalue weighted by atomic mass is 10.1. The van der Waals surface area contributed by atoms with Gasteiger partial charge in [-0.3, -0.25) is 9.48 Å². The largest absolute Gasteiger partial charge is 0.337 e. The van der Waals surface area contributed by atoms with Crippen molar-refractivity contribution in [3.8, 4) is 0 Å². The zero-order chi connectivity index (χ0) is 10.8. The van der Waals surface area contributed by atoms with Gasteiger partial charge in [-0.15, -0.1) is 0 Å². The average Bonchev–Trinajstić information content (AvgIpc) is 2.64. The molecule has 1 aliphatic heterocycles. The summed E-state index contributed by atoms with van der Waals surface area (Å²) in [7, 11) is 1.80. The van der Waals surface area contributed by atoms with Crippen molar-refractivity contribution in [2.24, 2.45) is 12.8 Å². The van der Waals surface area contributed by atoms with Crippen LogP contribution < -0.4 is 5.73 Å². The summed E-state index contributed by atoms with van der Waals surface area (Å²) in [4.78, 5) is 13.8. The Kier molecular flexibility index (Phi) is 2.73. The van der Waals surface area contributed by atoms with Gasteiger partial charge in [0.25, 0.3) is 5.91 Å². The highest BCUT2D eigenvalue weighted by atomic mass is 16.2. The topological polar surface area (TPSA) is 64.2 Å². The first-order valence-electron chi connectivity index (χ1n) is 5.20. The van der Waals surface area contributed by atoms with E-state index < -0.39 is 0 Å². The maximum absolute atomic E-state index is 12.0. The Morgan fingerprint density at radius 2 is 2.47 bits per heavy atom. The molecule has 1 aromatic rings. The molecule has 2 rings (SSSR count). The van der Waals surface area contributed by atoms with Crippen molar-refractivity contribution in [2.45, 2.75) is 18.9 Å². The number of aryl methyl sites for hydroxylation is 1. The van der Waals surface area contributed by atoms with Crippen molar-refractivity contribution in [3.05, 3.63) is 18.0 Å². The van der Waals surface area contributed by atoms with E-state index in [9.17, 15) is 4.79 Å². The van der Waals surface area contributed by atoms with Gasteiger partial charge in [0.1, 0.15) is 0 Å². The van der Waals surface area contributed by atoms with Crippen LogP contribution in [0.5, 0.6) is 0 Å². The minimum atomic E-state index is 0.0400. The molecule has 5 heteroatoms. The van der Waals surface area contributed by atoms with Crippen LogP contribution in [0.1, 0.15) is 23.2 Å². The van der Waals surface area contributed by atoms with E-state index in [-0.39, 0.29) is 11.9 Å². The lowest BCUT2D eigenvalue weighted by Gasteiger charge is -2.30. The van der Waals surface area contributed by atoms with Gasteiger partial charge in [0.05, 0.1) is 11.8 Å². The summed E-state index contributed by atoms with van der Waals surface area (Å²) in [5.74, 6) is 0.0400. The van der Waals surface area contributed by atoms with Crippen LogP contribution in [0.4, 0.5) is 0 Å². The third kappa shape index (κ3) is 2.18. The second-order valence-corrected chi connectivity index (χ2v) is 4.06. The number of carbonyl (C=O) groups excluding carboxylic acids is 1. The molecule has 0 radical (unpaired) electrons. The van der Waals surface area contributed by atoms with E-state index in [1.807, 2.05) is 4.90 Å². The molecule has 0 bridgehead atoms. The normalized spacial score (nSPS) is 21.7. The average molecular weight is 208 g/mol. The van der Waals surface area contributed by atoms with Crippen LogP contribution in [-0.4, -0.2) is 39.7 Å². The summed E-state index contributed by atoms with van der Waals surface area (Å²) < 4.78 is 1.64. The maximum Gasteiger partial charge on any atom is 0.257 e. The van der Waals surface area contributed by atoms with Crippen molar-refractivity contribution < 1.29 is 4.79 Å². The third-order valence-corrected chi connectivity index (χ3v) is 2.70. The smallest absolute Gasteiger partial charge is 0.257 e. The van der Waals surface area contributed by atoms with E-state index >= 15 is 0 Å². The van der Waals surface area contributed by atoms with E-state index in [2.05, 4.69) is 5.10 Å². The standard InChI is InChI=1S/C10H16N4O/c1-13-6-8(5-12-13)10(15)14-4-2-3-9(11)7-14/h5-6,9H,2-4,7,11H2,1H3/t9-/m0/s1. The monoisotopic (exact) mass is 208 g/mol. The number of amides is 1. The highest BCUT2D eigenvalue weighted by molar-refractivity contribution is 5.93. The molecular weight excluding hydrogens is 192 g/mol. The highest BCUT2D eigenvalue weighted by Crippen LogP contribution is 2.11. The van der Waals surface area contributed by atoms with Crippen molar-refractivity contribution in [1.82, 2.24) is 14.7 Å². The summed E-state index contributed by atoms with van der Waals surface area (Å²) >= 11 is 0. The number of nitrogens with two attached hydrogens (primary N) is 1. The third-order valence-electron chi connectivity index (χ3n) is 2.70. The van der Waals surface area contributed by atoms with Gasteiger partial charge in [0.2, 0.25) is 0 Å². The lowest BCUT2D eigenvalue weighted by Crippen LogP contribution is -2.45. The fourth-order valence-electron chi connectivity index (χ4n) is 1.91. The SMILES string of the molecule is Cn1cc(C(=O)N2CCC[C@H](N)C2)cn1. The summed E-state index contributed by atoms with van der Waals surface area (Å²) in [6.45, 7) is 1.47. The molecule has 82 valence electrons. The first kappa shape index (κ1) is 10.2. The zero-order valence-corrected chi connectivity index (χ0v) is 8.89. The second kappa shape index (κ2) is 4.02. The summed E-state index contributed by atoms with van der Waals surface area (Å²) in [5, 5.41) is 3.99. The number of hydrogen-bond acceptors (Lipinski definition) is 3. The van der Waals surface area contributed by atoms with E-state index in [4.69, 9.17) is 5.73 Å². The van der Waals surface area contributed by atoms with Gasteiger partial charge < -0.3 is 10.6 Å². The van der Waals surface area contributed by atoms with Gasteiger partial charge in [-0.25, -0.2) is 0 Å². The Morgan fingerprint density at radius 1 is 1.67 bits per heavy atom. The number of aromatic nitrogens is 2. The minimum absolute atomic E-state index is 0.0400. The number of piperidine rings is 1. The van der Waals surface area contributed by atoms with Crippen molar-refractivity contribution in [1.29, 1.82) is 0 Å². The number of rotatable bonds is 1. The van der Waals surface area contributed by atoms with E-state index in [1.165, 1.54) is 0 Å². The summed E-state index contributed by atoms with van der Waals surface area (Å²) in [5.41, 5.74) is 6.48. The molecule has 1 amide bonds. The van der Waals surface area contributed by atoms with Gasteiger partial charge in [0.15, 0.2) is 0 Å². The number of likely N-dealkylation sites (tertiary alicyclic amines) is 1. The number of hydrogen-bond donors (Lipinski definition) is 1. The molecule has 2 heterocycles. The molecule has 2 N–H and O–H groups in total. The van der Waals surface area contributed by atoms with Gasteiger partial charge in [-0.1, -0.05) is 0 Å². The maximum atomic E-state index is 12.0. The van der Waals surface area contributed by atoms with Crippen LogP contribution >= 0.6 is 0 Å². The molecule has 0 saturated carbocycles. The molecule has 1 aliphatic rings. The van der Waals surface area contributed by atoms with E-state index in [0.29, 0.717) is 12.1 Å². The Morgan fingerprint density at radius 3 is 3.07 bits per heavy atom. The molecule has 15 heavy (non-hydrogen) atoms. The molecule has 0 unspecified atom stereocenters. The Labute approximate surface area is 88.8 Å². The van der Waals surface area contributed by atoms with E-state index in [1.54, 1.807) is 24.1 Å². The fourth-order valence-corrected chi connectivity index (χ4v) is 1.91.